The van der Waals surface area contributed by atoms with Crippen LogP contribution in [-0.4, -0.2) is 18.3 Å². The highest BCUT2D eigenvalue weighted by Gasteiger charge is 2.59. The number of nitrogens with zero attached hydrogens (tertiary/aromatic N) is 3. The fourth-order valence-corrected chi connectivity index (χ4v) is 18.3. The molecule has 5 heteroatoms. The molecule has 3 aliphatic heterocycles. The van der Waals surface area contributed by atoms with Gasteiger partial charge in [0.25, 0.3) is 6.71 Å². The van der Waals surface area contributed by atoms with Gasteiger partial charge in [-0.1, -0.05) is 175 Å². The topological polar surface area (TPSA) is 22.9 Å². The van der Waals surface area contributed by atoms with Gasteiger partial charge in [-0.05, 0) is 184 Å². The predicted octanol–water partition coefficient (Wildman–Crippen LogP) is 15.9. The Kier molecular flexibility index (Phi) is 10.2. The summed E-state index contributed by atoms with van der Waals surface area (Å²) in [4.78, 5) is 8.44. The van der Waals surface area contributed by atoms with Crippen molar-refractivity contribution in [1.29, 1.82) is 0 Å². The highest BCUT2D eigenvalue weighted by molar-refractivity contribution is 7.00. The summed E-state index contributed by atoms with van der Waals surface area (Å²) in [5.74, 6) is 0.321. The first-order valence-electron chi connectivity index (χ1n) is 30.6. The van der Waals surface area contributed by atoms with E-state index in [4.69, 9.17) is 4.42 Å². The molecule has 6 aromatic carbocycles. The number of hydrogen-bond acceptors (Lipinski definition) is 4. The summed E-state index contributed by atoms with van der Waals surface area (Å²) >= 11 is 0. The Morgan fingerprint density at radius 2 is 1.34 bits per heavy atom. The number of anilines is 6. The van der Waals surface area contributed by atoms with Crippen LogP contribution in [0.25, 0.3) is 23.1 Å². The van der Waals surface area contributed by atoms with Crippen LogP contribution in [0.2, 0.25) is 0 Å². The lowest BCUT2D eigenvalue weighted by molar-refractivity contribution is 0.195. The first kappa shape index (κ1) is 50.5. The zero-order chi connectivity index (χ0) is 55.7. The van der Waals surface area contributed by atoms with Crippen molar-refractivity contribution in [2.24, 2.45) is 16.7 Å². The molecule has 0 bridgehead atoms. The number of hydrogen-bond donors (Lipinski definition) is 0. The molecule has 1 aromatic heterocycles. The normalized spacial score (nSPS) is 25.7. The maximum atomic E-state index is 6.62. The minimum atomic E-state index is -0.211. The molecule has 1 fully saturated rings. The molecule has 0 spiro atoms. The minimum absolute atomic E-state index is 0.00158. The molecule has 8 aliphatic rings. The maximum Gasteiger partial charge on any atom is 0.252 e. The third-order valence-corrected chi connectivity index (χ3v) is 22.4. The summed E-state index contributed by atoms with van der Waals surface area (Å²) in [5.41, 5.74) is 28.7. The summed E-state index contributed by atoms with van der Waals surface area (Å²) < 4.78 is 6.62. The van der Waals surface area contributed by atoms with Crippen LogP contribution >= 0.6 is 0 Å². The molecule has 0 radical (unpaired) electrons. The van der Waals surface area contributed by atoms with Gasteiger partial charge in [-0.25, -0.2) is 0 Å². The lowest BCUT2D eigenvalue weighted by atomic mass is 9.33. The fraction of sp³-hybridized carbons (Fsp3) is 0.413. The zero-order valence-electron chi connectivity index (χ0n) is 50.6. The Labute approximate surface area is 477 Å². The van der Waals surface area contributed by atoms with E-state index < -0.39 is 0 Å². The quantitative estimate of drug-likeness (QED) is 0.165. The van der Waals surface area contributed by atoms with Gasteiger partial charge in [-0.3, -0.25) is 0 Å². The van der Waals surface area contributed by atoms with Gasteiger partial charge in [0.15, 0.2) is 0 Å². The van der Waals surface area contributed by atoms with E-state index in [1.54, 1.807) is 11.1 Å². The highest BCUT2D eigenvalue weighted by Crippen LogP contribution is 2.63. The molecule has 4 heterocycles. The number of aryl methyl sites for hydroxylation is 1. The van der Waals surface area contributed by atoms with E-state index >= 15 is 0 Å². The van der Waals surface area contributed by atoms with Crippen LogP contribution in [-0.2, 0) is 21.7 Å². The monoisotopic (exact) mass is 1050 g/mol. The van der Waals surface area contributed by atoms with Gasteiger partial charge >= 0.3 is 0 Å². The van der Waals surface area contributed by atoms with Crippen LogP contribution in [0.1, 0.15) is 181 Å². The van der Waals surface area contributed by atoms with Crippen molar-refractivity contribution < 1.29 is 4.42 Å². The number of benzene rings is 6. The Morgan fingerprint density at radius 1 is 0.637 bits per heavy atom. The van der Waals surface area contributed by atoms with E-state index in [2.05, 4.69) is 246 Å². The van der Waals surface area contributed by atoms with Crippen LogP contribution in [0.3, 0.4) is 0 Å². The Hall–Kier alpha value is -6.46. The fourth-order valence-electron chi connectivity index (χ4n) is 18.3. The first-order valence-corrected chi connectivity index (χ1v) is 30.6. The van der Waals surface area contributed by atoms with Crippen LogP contribution in [0.5, 0.6) is 0 Å². The average Bonchev–Trinajstić information content (AvgIpc) is 3.98. The van der Waals surface area contributed by atoms with E-state index in [0.29, 0.717) is 5.92 Å². The van der Waals surface area contributed by atoms with Crippen molar-refractivity contribution >= 4 is 80.3 Å². The van der Waals surface area contributed by atoms with Crippen LogP contribution < -0.4 is 41.7 Å². The standard InChI is InChI=1S/C75H82BN3O/c1-44-34-64-68-65(35-44)78(61-41-54-53(36-45(61)2)70(6,7)43-71(54,8)9)63-42-56-55(72(10,11)51-23-17-18-24-52(51)73(56,12)13)40-59(63)76(68)58-29-27-48(39-62(58)77(64)47-28-31-67-50(38-47)49-22-16-19-25-66(49)80-67)79-60-30-26-46(69(3,4)5)37-57(60)74(14)32-20-21-33-75(74,79)15/h16-19,22-27,29-31,34-35,37-42,45,47H,20-21,28,32-33,36,43H2,1-15H3. The van der Waals surface area contributed by atoms with Crippen molar-refractivity contribution in [3.8, 4) is 0 Å². The molecular formula is C75H82BN3O. The molecular weight excluding hydrogens is 970 g/mol. The summed E-state index contributed by atoms with van der Waals surface area (Å²) in [5, 5.41) is 2.40. The van der Waals surface area contributed by atoms with E-state index in [9.17, 15) is 0 Å². The summed E-state index contributed by atoms with van der Waals surface area (Å²) in [6, 6.07) is 43.9. The third-order valence-electron chi connectivity index (χ3n) is 22.4. The zero-order valence-corrected chi connectivity index (χ0v) is 50.6. The van der Waals surface area contributed by atoms with Gasteiger partial charge in [0.2, 0.25) is 0 Å². The maximum absolute atomic E-state index is 6.62. The second-order valence-corrected chi connectivity index (χ2v) is 30.0. The second-order valence-electron chi connectivity index (χ2n) is 30.0. The van der Waals surface area contributed by atoms with Gasteiger partial charge < -0.3 is 19.1 Å². The van der Waals surface area contributed by atoms with Crippen LogP contribution in [0.15, 0.2) is 137 Å². The summed E-state index contributed by atoms with van der Waals surface area (Å²) in [7, 11) is 0. The number of furan rings is 1. The Morgan fingerprint density at radius 3 is 2.09 bits per heavy atom. The summed E-state index contributed by atoms with van der Waals surface area (Å²) in [6.45, 7) is 37.2. The smallest absolute Gasteiger partial charge is 0.252 e. The first-order chi connectivity index (χ1) is 37.8. The molecule has 4 nitrogen and oxygen atoms in total. The Bertz CT molecular complexity index is 4090. The average molecular weight is 1050 g/mol. The molecule has 0 N–H and O–H groups in total. The summed E-state index contributed by atoms with van der Waals surface area (Å²) in [6.07, 6.45) is 15.6. The molecule has 1 saturated carbocycles. The number of para-hydroxylation sites is 1. The van der Waals surface area contributed by atoms with Gasteiger partial charge in [0.1, 0.15) is 11.0 Å². The SMILES string of the molecule is Cc1cc2c3c(c1)N(C1C=c4c(oc5ccccc45)=CC1)c1cc(N4c5ccc(C(C)(C)C)cc5C5(C)CCCCC45C)ccc1B3c1cc3c(cc1N2C1=CC2=C(CC1C)C(C)(C)CC2(C)C)C(C)(C)c1ccccc1C3(C)C. The molecule has 0 amide bonds. The molecule has 0 saturated heterocycles. The number of allylic oxidation sites excluding steroid dienone is 4. The van der Waals surface area contributed by atoms with Gasteiger partial charge in [-0.15, -0.1) is 0 Å². The largest absolute Gasteiger partial charge is 0.456 e. The third kappa shape index (κ3) is 6.58. The van der Waals surface area contributed by atoms with E-state index in [1.165, 1.54) is 131 Å². The van der Waals surface area contributed by atoms with Gasteiger partial charge in [0.05, 0.1) is 11.6 Å². The second kappa shape index (κ2) is 16.2. The van der Waals surface area contributed by atoms with Crippen molar-refractivity contribution in [3.05, 3.63) is 182 Å². The minimum Gasteiger partial charge on any atom is -0.456 e. The van der Waals surface area contributed by atoms with Gasteiger partial charge in [-0.2, -0.15) is 0 Å². The lowest BCUT2D eigenvalue weighted by Crippen LogP contribution is -2.63. The van der Waals surface area contributed by atoms with Crippen molar-refractivity contribution in [2.45, 2.75) is 182 Å². The Balaban J connectivity index is 1.03. The molecule has 5 aliphatic carbocycles. The predicted molar refractivity (Wildman–Crippen MR) is 339 cm³/mol. The number of fused-ring (bicyclic) bond motifs is 12. The van der Waals surface area contributed by atoms with Crippen LogP contribution in [0.4, 0.5) is 34.1 Å². The lowest BCUT2D eigenvalue weighted by Gasteiger charge is -2.51. The molecule has 406 valence electrons. The highest BCUT2D eigenvalue weighted by atomic mass is 16.3. The van der Waals surface area contributed by atoms with Crippen molar-refractivity contribution in [3.63, 3.8) is 0 Å². The van der Waals surface area contributed by atoms with E-state index in [-0.39, 0.29) is 50.8 Å². The van der Waals surface area contributed by atoms with E-state index in [0.717, 1.165) is 30.3 Å². The van der Waals surface area contributed by atoms with Crippen molar-refractivity contribution in [1.82, 2.24) is 0 Å². The number of rotatable bonds is 3. The van der Waals surface area contributed by atoms with Gasteiger partial charge in [0, 0.05) is 72.6 Å². The molecule has 80 heavy (non-hydrogen) atoms. The van der Waals surface area contributed by atoms with Crippen LogP contribution in [0, 0.1) is 23.7 Å². The molecule has 4 unspecified atom stereocenters. The molecule has 15 rings (SSSR count). The van der Waals surface area contributed by atoms with Crippen molar-refractivity contribution in [2.75, 3.05) is 14.7 Å². The van der Waals surface area contributed by atoms with E-state index in [1.807, 2.05) is 0 Å². The molecule has 4 atom stereocenters. The molecule has 7 aromatic rings.